The number of carbonyl (C=O) groups is 1. The fraction of sp³-hybridized carbons (Fsp3) is 0.267. The van der Waals surface area contributed by atoms with E-state index in [-0.39, 0.29) is 11.8 Å². The summed E-state index contributed by atoms with van der Waals surface area (Å²) in [6.07, 6.45) is 4.57. The second kappa shape index (κ2) is 5.94. The fourth-order valence-electron chi connectivity index (χ4n) is 2.34. The Hall–Kier alpha value is -2.39. The summed E-state index contributed by atoms with van der Waals surface area (Å²) in [5, 5.41) is 12.3. The molecule has 1 N–H and O–H groups in total. The average molecular weight is 298 g/mol. The number of amides is 1. The summed E-state index contributed by atoms with van der Waals surface area (Å²) in [7, 11) is 0. The van der Waals surface area contributed by atoms with Gasteiger partial charge in [0.2, 0.25) is 5.91 Å². The van der Waals surface area contributed by atoms with Gasteiger partial charge >= 0.3 is 0 Å². The summed E-state index contributed by atoms with van der Waals surface area (Å²) in [6, 6.07) is 9.95. The van der Waals surface area contributed by atoms with Crippen molar-refractivity contribution in [3.8, 4) is 16.6 Å². The van der Waals surface area contributed by atoms with Crippen molar-refractivity contribution in [2.45, 2.75) is 6.42 Å². The van der Waals surface area contributed by atoms with Crippen molar-refractivity contribution >= 4 is 22.4 Å². The maximum Gasteiger partial charge on any atom is 0.231 e. The number of carbonyl (C=O) groups excluding carboxylic acids is 1. The van der Waals surface area contributed by atoms with Crippen molar-refractivity contribution in [1.29, 1.82) is 5.26 Å². The first-order chi connectivity index (χ1) is 10.3. The lowest BCUT2D eigenvalue weighted by molar-refractivity contribution is -0.119. The predicted molar refractivity (Wildman–Crippen MR) is 81.5 cm³/mol. The number of nitrogens with one attached hydrogen (secondary N) is 1. The van der Waals surface area contributed by atoms with E-state index in [1.54, 1.807) is 11.1 Å². The largest absolute Gasteiger partial charge is 0.310 e. The fourth-order valence-corrected chi connectivity index (χ4v) is 3.17. The molecule has 1 atom stereocenters. The second-order valence-electron chi connectivity index (χ2n) is 4.92. The van der Waals surface area contributed by atoms with Crippen LogP contribution in [0, 0.1) is 17.4 Å². The molecule has 0 radical (unpaired) electrons. The van der Waals surface area contributed by atoms with Gasteiger partial charge in [-0.25, -0.2) is 4.98 Å². The minimum absolute atomic E-state index is 0.0540. The van der Waals surface area contributed by atoms with Gasteiger partial charge in [0.05, 0.1) is 10.8 Å². The first kappa shape index (κ1) is 13.6. The van der Waals surface area contributed by atoms with Crippen LogP contribution in [0.5, 0.6) is 0 Å². The number of hydrogen-bond donors (Lipinski definition) is 1. The number of rotatable bonds is 3. The minimum atomic E-state index is -0.131. The van der Waals surface area contributed by atoms with Crippen LogP contribution in [0.3, 0.4) is 0 Å². The van der Waals surface area contributed by atoms with Crippen LogP contribution < -0.4 is 5.32 Å². The average Bonchev–Trinajstić information content (AvgIpc) is 3.17. The zero-order valence-electron chi connectivity index (χ0n) is 11.3. The normalized spacial score (nSPS) is 17.5. The van der Waals surface area contributed by atoms with Crippen molar-refractivity contribution < 1.29 is 4.79 Å². The molecule has 0 spiro atoms. The minimum Gasteiger partial charge on any atom is -0.310 e. The Morgan fingerprint density at radius 1 is 1.43 bits per heavy atom. The van der Waals surface area contributed by atoms with Crippen LogP contribution in [0.25, 0.3) is 10.4 Å². The number of hydrogen-bond acceptors (Lipinski definition) is 5. The van der Waals surface area contributed by atoms with E-state index >= 15 is 0 Å². The molecule has 3 rings (SSSR count). The molecule has 21 heavy (non-hydrogen) atoms. The number of thiazole rings is 1. The molecule has 106 valence electrons. The number of benzene rings is 1. The van der Waals surface area contributed by atoms with E-state index in [1.807, 2.05) is 30.3 Å². The molecule has 0 bridgehead atoms. The maximum atomic E-state index is 12.1. The van der Waals surface area contributed by atoms with E-state index in [0.717, 1.165) is 16.9 Å². The van der Waals surface area contributed by atoms with Crippen molar-refractivity contribution in [1.82, 2.24) is 9.88 Å². The summed E-state index contributed by atoms with van der Waals surface area (Å²) in [5.41, 5.74) is 1.09. The van der Waals surface area contributed by atoms with E-state index < -0.39 is 0 Å². The summed E-state index contributed by atoms with van der Waals surface area (Å²) in [4.78, 5) is 19.0. The van der Waals surface area contributed by atoms with Crippen molar-refractivity contribution in [2.75, 3.05) is 18.4 Å². The van der Waals surface area contributed by atoms with E-state index in [2.05, 4.69) is 16.5 Å². The van der Waals surface area contributed by atoms with Gasteiger partial charge in [0.15, 0.2) is 11.3 Å². The molecule has 0 unspecified atom stereocenters. The van der Waals surface area contributed by atoms with Crippen LogP contribution in [-0.4, -0.2) is 28.9 Å². The SMILES string of the molecule is N#CN1CC[C@H](C(=O)Nc2ncc(-c3ccccc3)s2)C1. The van der Waals surface area contributed by atoms with Crippen LogP contribution >= 0.6 is 11.3 Å². The smallest absolute Gasteiger partial charge is 0.231 e. The molecule has 2 aromatic rings. The molecule has 0 saturated carbocycles. The summed E-state index contributed by atoms with van der Waals surface area (Å²) >= 11 is 1.46. The first-order valence-corrected chi connectivity index (χ1v) is 7.54. The Labute approximate surface area is 126 Å². The molecule has 2 heterocycles. The van der Waals surface area contributed by atoms with Crippen LogP contribution in [0.2, 0.25) is 0 Å². The highest BCUT2D eigenvalue weighted by molar-refractivity contribution is 7.19. The third-order valence-electron chi connectivity index (χ3n) is 3.49. The number of nitriles is 1. The Morgan fingerprint density at radius 2 is 2.24 bits per heavy atom. The third-order valence-corrected chi connectivity index (χ3v) is 4.46. The van der Waals surface area contributed by atoms with E-state index in [0.29, 0.717) is 18.2 Å². The predicted octanol–water partition coefficient (Wildman–Crippen LogP) is 2.55. The Morgan fingerprint density at radius 3 is 2.95 bits per heavy atom. The number of likely N-dealkylation sites (tertiary alicyclic amines) is 1. The van der Waals surface area contributed by atoms with Crippen LogP contribution in [-0.2, 0) is 4.79 Å². The maximum absolute atomic E-state index is 12.1. The highest BCUT2D eigenvalue weighted by atomic mass is 32.1. The molecule has 5 nitrogen and oxygen atoms in total. The Kier molecular flexibility index (Phi) is 3.84. The van der Waals surface area contributed by atoms with Crippen molar-refractivity contribution in [3.05, 3.63) is 36.5 Å². The summed E-state index contributed by atoms with van der Waals surface area (Å²) < 4.78 is 0. The van der Waals surface area contributed by atoms with Gasteiger partial charge in [-0.3, -0.25) is 4.79 Å². The van der Waals surface area contributed by atoms with Gasteiger partial charge < -0.3 is 10.2 Å². The van der Waals surface area contributed by atoms with Gasteiger partial charge in [-0.15, -0.1) is 0 Å². The monoisotopic (exact) mass is 298 g/mol. The van der Waals surface area contributed by atoms with Crippen molar-refractivity contribution in [3.63, 3.8) is 0 Å². The van der Waals surface area contributed by atoms with Gasteiger partial charge in [-0.05, 0) is 12.0 Å². The van der Waals surface area contributed by atoms with E-state index in [4.69, 9.17) is 5.26 Å². The standard InChI is InChI=1S/C15H14N4OS/c16-10-19-7-6-12(9-19)14(20)18-15-17-8-13(21-15)11-4-2-1-3-5-11/h1-5,8,12H,6-7,9H2,(H,17,18,20)/t12-/m0/s1. The summed E-state index contributed by atoms with van der Waals surface area (Å²) in [5.74, 6) is -0.185. The highest BCUT2D eigenvalue weighted by Gasteiger charge is 2.28. The number of nitrogens with zero attached hydrogens (tertiary/aromatic N) is 3. The zero-order valence-corrected chi connectivity index (χ0v) is 12.1. The molecule has 1 saturated heterocycles. The molecule has 1 fully saturated rings. The van der Waals surface area contributed by atoms with Crippen LogP contribution in [0.4, 0.5) is 5.13 Å². The third kappa shape index (κ3) is 3.03. The lowest BCUT2D eigenvalue weighted by atomic mass is 10.1. The number of anilines is 1. The molecule has 0 aliphatic carbocycles. The van der Waals surface area contributed by atoms with Gasteiger partial charge in [0.25, 0.3) is 0 Å². The topological polar surface area (TPSA) is 69.0 Å². The van der Waals surface area contributed by atoms with Crippen molar-refractivity contribution in [2.24, 2.45) is 5.92 Å². The van der Waals surface area contributed by atoms with E-state index in [1.165, 1.54) is 11.3 Å². The molecule has 1 aliphatic heterocycles. The molecular formula is C15H14N4OS. The first-order valence-electron chi connectivity index (χ1n) is 6.73. The molecule has 1 aromatic carbocycles. The lowest BCUT2D eigenvalue weighted by Gasteiger charge is -2.08. The molecular weight excluding hydrogens is 284 g/mol. The lowest BCUT2D eigenvalue weighted by Crippen LogP contribution is -2.25. The zero-order chi connectivity index (χ0) is 14.7. The highest BCUT2D eigenvalue weighted by Crippen LogP contribution is 2.29. The van der Waals surface area contributed by atoms with Crippen LogP contribution in [0.15, 0.2) is 36.5 Å². The van der Waals surface area contributed by atoms with Gasteiger partial charge in [-0.1, -0.05) is 41.7 Å². The Bertz CT molecular complexity index is 676. The van der Waals surface area contributed by atoms with Gasteiger partial charge in [0, 0.05) is 19.3 Å². The molecule has 1 aromatic heterocycles. The quantitative estimate of drug-likeness (QED) is 0.884. The van der Waals surface area contributed by atoms with E-state index in [9.17, 15) is 4.79 Å². The Balaban J connectivity index is 1.65. The molecule has 6 heteroatoms. The number of aromatic nitrogens is 1. The van der Waals surface area contributed by atoms with Crippen LogP contribution in [0.1, 0.15) is 6.42 Å². The second-order valence-corrected chi connectivity index (χ2v) is 5.95. The summed E-state index contributed by atoms with van der Waals surface area (Å²) in [6.45, 7) is 1.15. The van der Waals surface area contributed by atoms with Gasteiger partial charge in [0.1, 0.15) is 0 Å². The molecule has 1 aliphatic rings. The van der Waals surface area contributed by atoms with Gasteiger partial charge in [-0.2, -0.15) is 5.26 Å². The molecule has 1 amide bonds.